The Kier molecular flexibility index (Phi) is 5.15. The Labute approximate surface area is 147 Å². The highest BCUT2D eigenvalue weighted by molar-refractivity contribution is 9.10. The maximum Gasteiger partial charge on any atom is 0.206 e. The Balaban J connectivity index is 2.06. The largest absolute Gasteiger partial charge is 0.264 e. The fraction of sp³-hybridized carbons (Fsp3) is 0.118. The van der Waals surface area contributed by atoms with Gasteiger partial charge in [0.25, 0.3) is 0 Å². The van der Waals surface area contributed by atoms with Gasteiger partial charge in [0.15, 0.2) is 0 Å². The van der Waals surface area contributed by atoms with Gasteiger partial charge in [0.2, 0.25) is 4.80 Å². The van der Waals surface area contributed by atoms with Crippen molar-refractivity contribution in [2.45, 2.75) is 6.92 Å². The van der Waals surface area contributed by atoms with Crippen LogP contribution in [0, 0.1) is 0 Å². The van der Waals surface area contributed by atoms with Gasteiger partial charge >= 0.3 is 0 Å². The van der Waals surface area contributed by atoms with E-state index >= 15 is 0 Å². The lowest BCUT2D eigenvalue weighted by molar-refractivity contribution is 0.833. The lowest BCUT2D eigenvalue weighted by atomic mass is 10.2. The quantitative estimate of drug-likeness (QED) is 0.620. The molecule has 116 valence electrons. The summed E-state index contributed by atoms with van der Waals surface area (Å²) in [4.78, 5) is 9.51. The topological polar surface area (TPSA) is 42.5 Å². The van der Waals surface area contributed by atoms with E-state index in [1.165, 1.54) is 0 Å². The van der Waals surface area contributed by atoms with Gasteiger partial charge in [0.1, 0.15) is 0 Å². The van der Waals surface area contributed by atoms with Crippen LogP contribution in [-0.4, -0.2) is 22.4 Å². The van der Waals surface area contributed by atoms with Crippen LogP contribution in [0.25, 0.3) is 11.3 Å². The fourth-order valence-electron chi connectivity index (χ4n) is 2.05. The molecule has 0 atom stereocenters. The van der Waals surface area contributed by atoms with E-state index in [9.17, 15) is 0 Å². The van der Waals surface area contributed by atoms with Gasteiger partial charge in [-0.25, -0.2) is 4.68 Å². The normalized spacial score (nSPS) is 12.2. The molecule has 1 aromatic carbocycles. The minimum absolute atomic E-state index is 0.725. The summed E-state index contributed by atoms with van der Waals surface area (Å²) in [6.45, 7) is 2.75. The lowest BCUT2D eigenvalue weighted by Gasteiger charge is -2.03. The van der Waals surface area contributed by atoms with Crippen LogP contribution >= 0.6 is 27.3 Å². The van der Waals surface area contributed by atoms with Crippen LogP contribution in [0.1, 0.15) is 12.5 Å². The smallest absolute Gasteiger partial charge is 0.206 e. The van der Waals surface area contributed by atoms with Gasteiger partial charge in [-0.05, 0) is 25.1 Å². The number of benzene rings is 1. The van der Waals surface area contributed by atoms with Crippen LogP contribution in [0.5, 0.6) is 0 Å². The monoisotopic (exact) mass is 386 g/mol. The van der Waals surface area contributed by atoms with Crippen LogP contribution in [0.15, 0.2) is 68.7 Å². The van der Waals surface area contributed by atoms with Crippen LogP contribution < -0.4 is 4.80 Å². The highest BCUT2D eigenvalue weighted by atomic mass is 79.9. The molecule has 0 saturated heterocycles. The second-order valence-corrected chi connectivity index (χ2v) is 6.48. The van der Waals surface area contributed by atoms with Crippen molar-refractivity contribution in [2.24, 2.45) is 10.1 Å². The van der Waals surface area contributed by atoms with Crippen molar-refractivity contribution < 1.29 is 0 Å². The molecule has 0 N–H and O–H groups in total. The van der Waals surface area contributed by atoms with Crippen LogP contribution in [0.2, 0.25) is 0 Å². The molecule has 6 heteroatoms. The average Bonchev–Trinajstić information content (AvgIpc) is 2.98. The van der Waals surface area contributed by atoms with Crippen molar-refractivity contribution in [1.82, 2.24) is 9.66 Å². The Morgan fingerprint density at radius 3 is 2.78 bits per heavy atom. The second-order valence-electron chi connectivity index (χ2n) is 4.73. The van der Waals surface area contributed by atoms with Crippen molar-refractivity contribution in [1.29, 1.82) is 0 Å². The van der Waals surface area contributed by atoms with Crippen LogP contribution in [0.4, 0.5) is 0 Å². The Morgan fingerprint density at radius 1 is 1.26 bits per heavy atom. The molecular formula is C17H15BrN4S. The SMILES string of the molecule is CCN=c1scc(-c2ccc(Br)cc2)n1N=Cc1cccnc1. The molecule has 0 amide bonds. The van der Waals surface area contributed by atoms with Crippen molar-refractivity contribution in [3.63, 3.8) is 0 Å². The molecule has 0 unspecified atom stereocenters. The van der Waals surface area contributed by atoms with E-state index in [4.69, 9.17) is 0 Å². The molecule has 0 saturated carbocycles. The van der Waals surface area contributed by atoms with E-state index in [1.54, 1.807) is 29.9 Å². The Morgan fingerprint density at radius 2 is 2.09 bits per heavy atom. The summed E-state index contributed by atoms with van der Waals surface area (Å²) in [5.74, 6) is 0. The van der Waals surface area contributed by atoms with Crippen LogP contribution in [0.3, 0.4) is 0 Å². The highest BCUT2D eigenvalue weighted by Crippen LogP contribution is 2.22. The zero-order valence-corrected chi connectivity index (χ0v) is 15.0. The summed E-state index contributed by atoms with van der Waals surface area (Å²) in [5, 5.41) is 6.69. The number of nitrogens with zero attached hydrogens (tertiary/aromatic N) is 4. The first kappa shape index (κ1) is 15.8. The van der Waals surface area contributed by atoms with E-state index in [-0.39, 0.29) is 0 Å². The molecule has 0 aliphatic rings. The van der Waals surface area contributed by atoms with Gasteiger partial charge in [-0.3, -0.25) is 9.98 Å². The third kappa shape index (κ3) is 3.83. The van der Waals surface area contributed by atoms with E-state index in [0.717, 1.165) is 32.6 Å². The first-order valence-corrected chi connectivity index (χ1v) is 8.86. The summed E-state index contributed by atoms with van der Waals surface area (Å²) in [6.07, 6.45) is 5.34. The van der Waals surface area contributed by atoms with Gasteiger partial charge < -0.3 is 0 Å². The first-order valence-electron chi connectivity index (χ1n) is 7.19. The molecule has 4 nitrogen and oxygen atoms in total. The molecule has 23 heavy (non-hydrogen) atoms. The minimum atomic E-state index is 0.725. The summed E-state index contributed by atoms with van der Waals surface area (Å²) < 4.78 is 2.94. The van der Waals surface area contributed by atoms with Gasteiger partial charge in [-0.2, -0.15) is 5.10 Å². The minimum Gasteiger partial charge on any atom is -0.264 e. The molecule has 3 rings (SSSR count). The summed E-state index contributed by atoms with van der Waals surface area (Å²) in [7, 11) is 0. The Hall–Kier alpha value is -2.05. The molecule has 0 aliphatic carbocycles. The summed E-state index contributed by atoms with van der Waals surface area (Å²) >= 11 is 5.06. The van der Waals surface area contributed by atoms with E-state index in [2.05, 4.69) is 48.5 Å². The molecule has 0 aliphatic heterocycles. The third-order valence-corrected chi connectivity index (χ3v) is 4.51. The van der Waals surface area contributed by atoms with Gasteiger partial charge in [0, 0.05) is 39.9 Å². The number of halogens is 1. The predicted octanol–water partition coefficient (Wildman–Crippen LogP) is 4.18. The van der Waals surface area contributed by atoms with E-state index < -0.39 is 0 Å². The molecule has 0 radical (unpaired) electrons. The Bertz CT molecular complexity index is 864. The first-order chi connectivity index (χ1) is 11.3. The van der Waals surface area contributed by atoms with Crippen LogP contribution in [-0.2, 0) is 0 Å². The fourth-order valence-corrected chi connectivity index (χ4v) is 3.22. The van der Waals surface area contributed by atoms with Crippen molar-refractivity contribution in [3.8, 4) is 11.3 Å². The lowest BCUT2D eigenvalue weighted by Crippen LogP contribution is -2.12. The van der Waals surface area contributed by atoms with Gasteiger partial charge in [-0.1, -0.05) is 34.1 Å². The van der Waals surface area contributed by atoms with Crippen molar-refractivity contribution >= 4 is 33.5 Å². The second kappa shape index (κ2) is 7.48. The molecule has 0 spiro atoms. The van der Waals surface area contributed by atoms with Gasteiger partial charge in [0.05, 0.1) is 11.9 Å². The van der Waals surface area contributed by atoms with E-state index in [1.807, 2.05) is 35.9 Å². The van der Waals surface area contributed by atoms with Crippen molar-refractivity contribution in [2.75, 3.05) is 6.54 Å². The molecular weight excluding hydrogens is 372 g/mol. The molecule has 3 aromatic rings. The maximum atomic E-state index is 4.61. The number of hydrogen-bond donors (Lipinski definition) is 0. The number of pyridine rings is 1. The number of hydrogen-bond acceptors (Lipinski definition) is 4. The average molecular weight is 387 g/mol. The highest BCUT2D eigenvalue weighted by Gasteiger charge is 2.07. The number of thiazole rings is 1. The van der Waals surface area contributed by atoms with Crippen molar-refractivity contribution in [3.05, 3.63) is 69.0 Å². The third-order valence-electron chi connectivity index (χ3n) is 3.13. The standard InChI is InChI=1S/C17H15BrN4S/c1-2-20-17-22(21-11-13-4-3-9-19-10-13)16(12-23-17)14-5-7-15(18)8-6-14/h3-12H,2H2,1H3. The molecule has 2 aromatic heterocycles. The predicted molar refractivity (Wildman–Crippen MR) is 98.8 cm³/mol. The summed E-state index contributed by atoms with van der Waals surface area (Å²) in [5.41, 5.74) is 3.08. The molecule has 0 fully saturated rings. The molecule has 2 heterocycles. The van der Waals surface area contributed by atoms with Gasteiger partial charge in [-0.15, -0.1) is 11.3 Å². The zero-order chi connectivity index (χ0) is 16.1. The maximum absolute atomic E-state index is 4.61. The summed E-state index contributed by atoms with van der Waals surface area (Å²) in [6, 6.07) is 12.1. The molecule has 0 bridgehead atoms. The van der Waals surface area contributed by atoms with E-state index in [0.29, 0.717) is 0 Å². The number of aromatic nitrogens is 2. The zero-order valence-electron chi connectivity index (χ0n) is 12.6. The number of rotatable bonds is 4.